The highest BCUT2D eigenvalue weighted by atomic mass is 19.1. The summed E-state index contributed by atoms with van der Waals surface area (Å²) in [4.78, 5) is 35.6. The number of aryl methyl sites for hydroxylation is 1. The number of hydrogen-bond donors (Lipinski definition) is 2. The summed E-state index contributed by atoms with van der Waals surface area (Å²) >= 11 is 0. The predicted molar refractivity (Wildman–Crippen MR) is 135 cm³/mol. The Bertz CT molecular complexity index is 1460. The molecule has 1 amide bonds. The number of rotatable bonds is 7. The maximum Gasteiger partial charge on any atom is 0.245 e. The van der Waals surface area contributed by atoms with E-state index < -0.39 is 6.17 Å². The van der Waals surface area contributed by atoms with Gasteiger partial charge in [0.15, 0.2) is 0 Å². The van der Waals surface area contributed by atoms with E-state index in [2.05, 4.69) is 41.6 Å². The van der Waals surface area contributed by atoms with Gasteiger partial charge in [-0.15, -0.1) is 0 Å². The second-order valence-corrected chi connectivity index (χ2v) is 8.51. The van der Waals surface area contributed by atoms with E-state index in [0.29, 0.717) is 53.1 Å². The van der Waals surface area contributed by atoms with Crippen LogP contribution < -0.4 is 15.5 Å². The van der Waals surface area contributed by atoms with Crippen LogP contribution in [0.4, 0.5) is 27.7 Å². The minimum Gasteiger partial charge on any atom is -0.352 e. The van der Waals surface area contributed by atoms with Crippen LogP contribution in [0.25, 0.3) is 11.3 Å². The van der Waals surface area contributed by atoms with Crippen molar-refractivity contribution >= 4 is 29.2 Å². The average Bonchev–Trinajstić information content (AvgIpc) is 3.52. The van der Waals surface area contributed by atoms with Crippen LogP contribution in [-0.2, 0) is 11.3 Å². The number of amides is 1. The van der Waals surface area contributed by atoms with Crippen molar-refractivity contribution in [1.82, 2.24) is 29.5 Å². The summed E-state index contributed by atoms with van der Waals surface area (Å²) in [7, 11) is 0. The number of pyridine rings is 2. The number of halogens is 1. The van der Waals surface area contributed by atoms with E-state index in [1.165, 1.54) is 0 Å². The molecule has 4 aromatic rings. The van der Waals surface area contributed by atoms with Gasteiger partial charge in [0.05, 0.1) is 29.7 Å². The smallest absolute Gasteiger partial charge is 0.245 e. The predicted octanol–water partition coefficient (Wildman–Crippen LogP) is 3.24. The summed E-state index contributed by atoms with van der Waals surface area (Å²) in [5.74, 6) is 1.76. The molecule has 1 aliphatic heterocycles. The Hall–Kier alpha value is -4.92. The number of aromatic nitrogens is 6. The van der Waals surface area contributed by atoms with Gasteiger partial charge in [-0.05, 0) is 37.6 Å². The number of imidazole rings is 1. The maximum absolute atomic E-state index is 13.6. The van der Waals surface area contributed by atoms with Crippen LogP contribution in [0.15, 0.2) is 55.2 Å². The fourth-order valence-electron chi connectivity index (χ4n) is 4.00. The fourth-order valence-corrected chi connectivity index (χ4v) is 4.00. The lowest BCUT2D eigenvalue weighted by molar-refractivity contribution is -0.116. The molecule has 1 unspecified atom stereocenters. The van der Waals surface area contributed by atoms with E-state index in [4.69, 9.17) is 0 Å². The molecule has 186 valence electrons. The third-order valence-electron chi connectivity index (χ3n) is 5.89. The van der Waals surface area contributed by atoms with Crippen molar-refractivity contribution in [3.05, 3.63) is 66.6 Å². The van der Waals surface area contributed by atoms with Crippen LogP contribution >= 0.6 is 0 Å². The van der Waals surface area contributed by atoms with Crippen molar-refractivity contribution in [2.24, 2.45) is 0 Å². The lowest BCUT2D eigenvalue weighted by atomic mass is 10.1. The van der Waals surface area contributed by atoms with Gasteiger partial charge in [0.25, 0.3) is 0 Å². The molecular formula is C25H23FN10O. The van der Waals surface area contributed by atoms with Gasteiger partial charge in [-0.2, -0.15) is 5.26 Å². The van der Waals surface area contributed by atoms with Gasteiger partial charge >= 0.3 is 0 Å². The largest absolute Gasteiger partial charge is 0.352 e. The van der Waals surface area contributed by atoms with Crippen LogP contribution in [0, 0.1) is 18.3 Å². The van der Waals surface area contributed by atoms with Gasteiger partial charge in [0, 0.05) is 36.9 Å². The first kappa shape index (κ1) is 23.8. The van der Waals surface area contributed by atoms with E-state index in [1.807, 2.05) is 6.92 Å². The number of carbonyl (C=O) groups excluding carboxylic acids is 1. The van der Waals surface area contributed by atoms with Crippen molar-refractivity contribution in [2.75, 3.05) is 28.6 Å². The van der Waals surface area contributed by atoms with Gasteiger partial charge in [-0.3, -0.25) is 4.79 Å². The van der Waals surface area contributed by atoms with Crippen molar-refractivity contribution in [2.45, 2.75) is 26.1 Å². The summed E-state index contributed by atoms with van der Waals surface area (Å²) in [6, 6.07) is 9.00. The van der Waals surface area contributed by atoms with Gasteiger partial charge in [-0.1, -0.05) is 0 Å². The number of nitrogens with one attached hydrogen (secondary N) is 2. The Labute approximate surface area is 212 Å². The first-order chi connectivity index (χ1) is 18.0. The molecule has 1 aliphatic rings. The fraction of sp³-hybridized carbons (Fsp3) is 0.240. The van der Waals surface area contributed by atoms with E-state index in [9.17, 15) is 14.4 Å². The molecule has 0 saturated carbocycles. The zero-order chi connectivity index (χ0) is 25.8. The maximum atomic E-state index is 13.6. The molecule has 5 rings (SSSR count). The van der Waals surface area contributed by atoms with Crippen LogP contribution in [0.5, 0.6) is 0 Å². The monoisotopic (exact) mass is 498 g/mol. The zero-order valence-electron chi connectivity index (χ0n) is 20.0. The first-order valence-electron chi connectivity index (χ1n) is 11.6. The van der Waals surface area contributed by atoms with Crippen LogP contribution in [-0.4, -0.2) is 54.7 Å². The van der Waals surface area contributed by atoms with Gasteiger partial charge in [-0.25, -0.2) is 29.3 Å². The number of nitrogens with zero attached hydrogens (tertiary/aromatic N) is 8. The average molecular weight is 499 g/mol. The number of alkyl halides is 1. The highest BCUT2D eigenvalue weighted by molar-refractivity contribution is 5.89. The molecule has 12 heteroatoms. The molecule has 37 heavy (non-hydrogen) atoms. The number of carbonyl (C=O) groups is 1. The lowest BCUT2D eigenvalue weighted by Crippen LogP contribution is -2.22. The normalized spacial score (nSPS) is 14.8. The molecule has 1 fully saturated rings. The first-order valence-corrected chi connectivity index (χ1v) is 11.6. The Morgan fingerprint density at radius 1 is 1.19 bits per heavy atom. The zero-order valence-corrected chi connectivity index (χ0v) is 20.0. The second kappa shape index (κ2) is 10.4. The number of nitriles is 1. The highest BCUT2D eigenvalue weighted by Crippen LogP contribution is 2.27. The highest BCUT2D eigenvalue weighted by Gasteiger charge is 2.25. The van der Waals surface area contributed by atoms with Crippen molar-refractivity contribution in [3.8, 4) is 17.3 Å². The summed E-state index contributed by atoms with van der Waals surface area (Å²) < 4.78 is 15.4. The van der Waals surface area contributed by atoms with E-state index in [0.717, 1.165) is 5.82 Å². The number of hydrogen-bond acceptors (Lipinski definition) is 9. The molecule has 4 aromatic heterocycles. The lowest BCUT2D eigenvalue weighted by Gasteiger charge is -2.18. The summed E-state index contributed by atoms with van der Waals surface area (Å²) in [6.45, 7) is 2.74. The van der Waals surface area contributed by atoms with Gasteiger partial charge < -0.3 is 20.1 Å². The Kier molecular flexibility index (Phi) is 6.67. The summed E-state index contributed by atoms with van der Waals surface area (Å²) in [5, 5.41) is 15.5. The Morgan fingerprint density at radius 2 is 2.08 bits per heavy atom. The third kappa shape index (κ3) is 5.51. The molecule has 0 aromatic carbocycles. The SMILES string of the molecule is Cc1nccn1CC(=O)Nc1ccc(Nc2nccc(-c3cnc(N4CCC(F)C4)c(C#N)c3)n2)cn1. The molecule has 0 bridgehead atoms. The van der Waals surface area contributed by atoms with Crippen molar-refractivity contribution in [3.63, 3.8) is 0 Å². The van der Waals surface area contributed by atoms with Crippen LogP contribution in [0.1, 0.15) is 17.8 Å². The van der Waals surface area contributed by atoms with E-state index in [1.54, 1.807) is 64.7 Å². The molecule has 1 saturated heterocycles. The summed E-state index contributed by atoms with van der Waals surface area (Å²) in [6.07, 6.45) is 7.69. The molecule has 2 N–H and O–H groups in total. The topological polar surface area (TPSA) is 138 Å². The van der Waals surface area contributed by atoms with Crippen molar-refractivity contribution < 1.29 is 9.18 Å². The number of anilines is 4. The molecule has 11 nitrogen and oxygen atoms in total. The third-order valence-corrected chi connectivity index (χ3v) is 5.89. The molecule has 5 heterocycles. The minimum atomic E-state index is -0.907. The van der Waals surface area contributed by atoms with Crippen LogP contribution in [0.2, 0.25) is 0 Å². The summed E-state index contributed by atoms with van der Waals surface area (Å²) in [5.41, 5.74) is 2.21. The van der Waals surface area contributed by atoms with Crippen molar-refractivity contribution in [1.29, 1.82) is 5.26 Å². The standard InChI is InChI=1S/C25H23FN10O/c1-16-28-7-9-35(16)15-23(37)34-22-3-2-20(13-30-22)32-25-29-6-4-21(33-25)18-10-17(11-27)24(31-12-18)36-8-5-19(26)14-36/h2-4,6-7,9-10,12-13,19H,5,8,14-15H2,1H3,(H,29,32,33)(H,30,34,37). The van der Waals surface area contributed by atoms with Gasteiger partial charge in [0.2, 0.25) is 11.9 Å². The van der Waals surface area contributed by atoms with Gasteiger partial charge in [0.1, 0.15) is 36.2 Å². The minimum absolute atomic E-state index is 0.145. The molecule has 0 spiro atoms. The Morgan fingerprint density at radius 3 is 2.78 bits per heavy atom. The van der Waals surface area contributed by atoms with Crippen LogP contribution in [0.3, 0.4) is 0 Å². The molecule has 0 radical (unpaired) electrons. The quantitative estimate of drug-likeness (QED) is 0.393. The molecular weight excluding hydrogens is 475 g/mol. The second-order valence-electron chi connectivity index (χ2n) is 8.51. The molecule has 1 atom stereocenters. The van der Waals surface area contributed by atoms with E-state index in [-0.39, 0.29) is 19.0 Å². The molecule has 0 aliphatic carbocycles. The Balaban J connectivity index is 1.25. The van der Waals surface area contributed by atoms with E-state index >= 15 is 0 Å².